The molecular formula is C13H15F2N3O. The number of hydrogen-bond donors (Lipinski definition) is 2. The first-order valence-corrected chi connectivity index (χ1v) is 5.93. The molecule has 102 valence electrons. The number of nitrogens with zero attached hydrogens (tertiary/aromatic N) is 1. The van der Waals surface area contributed by atoms with E-state index < -0.39 is 11.6 Å². The molecule has 1 unspecified atom stereocenters. The minimum Gasteiger partial charge on any atom is -0.469 e. The Morgan fingerprint density at radius 3 is 2.68 bits per heavy atom. The molecule has 1 atom stereocenters. The molecule has 2 heterocycles. The summed E-state index contributed by atoms with van der Waals surface area (Å²) < 4.78 is 32.1. The molecule has 0 saturated heterocycles. The molecule has 6 heteroatoms. The summed E-state index contributed by atoms with van der Waals surface area (Å²) >= 11 is 0. The van der Waals surface area contributed by atoms with E-state index in [4.69, 9.17) is 4.42 Å². The van der Waals surface area contributed by atoms with Crippen molar-refractivity contribution >= 4 is 11.6 Å². The molecule has 0 radical (unpaired) electrons. The molecule has 2 rings (SSSR count). The number of aromatic nitrogens is 1. The lowest BCUT2D eigenvalue weighted by atomic mass is 10.2. The normalized spacial score (nSPS) is 12.2. The molecule has 0 amide bonds. The van der Waals surface area contributed by atoms with E-state index in [9.17, 15) is 8.78 Å². The van der Waals surface area contributed by atoms with Crippen molar-refractivity contribution in [1.82, 2.24) is 4.98 Å². The van der Waals surface area contributed by atoms with Crippen LogP contribution in [0, 0.1) is 11.6 Å². The summed E-state index contributed by atoms with van der Waals surface area (Å²) in [4.78, 5) is 3.86. The van der Waals surface area contributed by atoms with Crippen molar-refractivity contribution in [2.24, 2.45) is 0 Å². The monoisotopic (exact) mass is 267 g/mol. The summed E-state index contributed by atoms with van der Waals surface area (Å²) in [6, 6.07) is 4.34. The van der Waals surface area contributed by atoms with Gasteiger partial charge in [0, 0.05) is 25.6 Å². The lowest BCUT2D eigenvalue weighted by Gasteiger charge is -2.15. The van der Waals surface area contributed by atoms with E-state index in [1.165, 1.54) is 7.05 Å². The maximum absolute atomic E-state index is 13.6. The molecule has 0 aromatic carbocycles. The molecule has 2 N–H and O–H groups in total. The molecule has 0 spiro atoms. The Morgan fingerprint density at radius 1 is 1.32 bits per heavy atom. The summed E-state index contributed by atoms with van der Waals surface area (Å²) in [5.74, 6) is -0.623. The van der Waals surface area contributed by atoms with Crippen LogP contribution in [0.5, 0.6) is 0 Å². The van der Waals surface area contributed by atoms with Crippen LogP contribution >= 0.6 is 0 Å². The van der Waals surface area contributed by atoms with Crippen LogP contribution in [0.2, 0.25) is 0 Å². The standard InChI is InChI=1S/C13H15F2N3O/c1-8(6-9-4-3-5-19-9)17-13-11(15)7-10(14)12(16-2)18-13/h3-5,7-8H,6H2,1-2H3,(H2,16,17,18). The second-order valence-corrected chi connectivity index (χ2v) is 4.23. The number of pyridine rings is 1. The predicted molar refractivity (Wildman–Crippen MR) is 69.2 cm³/mol. The Morgan fingerprint density at radius 2 is 2.05 bits per heavy atom. The number of rotatable bonds is 5. The third-order valence-corrected chi connectivity index (χ3v) is 2.64. The first-order chi connectivity index (χ1) is 9.10. The van der Waals surface area contributed by atoms with Gasteiger partial charge in [0.05, 0.1) is 6.26 Å². The van der Waals surface area contributed by atoms with Gasteiger partial charge in [-0.2, -0.15) is 0 Å². The van der Waals surface area contributed by atoms with Gasteiger partial charge in [0.15, 0.2) is 23.3 Å². The first kappa shape index (κ1) is 13.3. The molecule has 0 fully saturated rings. The fourth-order valence-corrected chi connectivity index (χ4v) is 1.76. The van der Waals surface area contributed by atoms with Gasteiger partial charge in [-0.15, -0.1) is 0 Å². The van der Waals surface area contributed by atoms with Gasteiger partial charge in [-0.1, -0.05) is 0 Å². The van der Waals surface area contributed by atoms with Crippen molar-refractivity contribution < 1.29 is 13.2 Å². The minimum absolute atomic E-state index is 0.00842. The molecule has 0 bridgehead atoms. The summed E-state index contributed by atoms with van der Waals surface area (Å²) in [7, 11) is 1.53. The molecule has 19 heavy (non-hydrogen) atoms. The van der Waals surface area contributed by atoms with Crippen molar-refractivity contribution in [2.45, 2.75) is 19.4 Å². The summed E-state index contributed by atoms with van der Waals surface area (Å²) in [5, 5.41) is 5.47. The molecule has 4 nitrogen and oxygen atoms in total. The quantitative estimate of drug-likeness (QED) is 0.874. The molecule has 0 aliphatic rings. The summed E-state index contributed by atoms with van der Waals surface area (Å²) in [6.07, 6.45) is 2.16. The van der Waals surface area contributed by atoms with E-state index in [1.807, 2.05) is 13.0 Å². The van der Waals surface area contributed by atoms with Gasteiger partial charge in [-0.05, 0) is 19.1 Å². The highest BCUT2D eigenvalue weighted by molar-refractivity contribution is 5.47. The van der Waals surface area contributed by atoms with Crippen molar-refractivity contribution in [3.8, 4) is 0 Å². The van der Waals surface area contributed by atoms with Crippen LogP contribution < -0.4 is 10.6 Å². The Bertz CT molecular complexity index is 543. The van der Waals surface area contributed by atoms with Gasteiger partial charge in [0.25, 0.3) is 0 Å². The fourth-order valence-electron chi connectivity index (χ4n) is 1.76. The molecule has 0 aliphatic carbocycles. The average molecular weight is 267 g/mol. The topological polar surface area (TPSA) is 50.1 Å². The number of furan rings is 1. The van der Waals surface area contributed by atoms with Crippen molar-refractivity contribution in [3.63, 3.8) is 0 Å². The zero-order chi connectivity index (χ0) is 13.8. The SMILES string of the molecule is CNc1nc(NC(C)Cc2ccco2)c(F)cc1F. The molecule has 2 aromatic rings. The third kappa shape index (κ3) is 3.21. The van der Waals surface area contributed by atoms with Gasteiger partial charge in [-0.3, -0.25) is 0 Å². The number of hydrogen-bond acceptors (Lipinski definition) is 4. The van der Waals surface area contributed by atoms with E-state index in [1.54, 1.807) is 12.3 Å². The van der Waals surface area contributed by atoms with Crippen LogP contribution in [0.15, 0.2) is 28.9 Å². The largest absolute Gasteiger partial charge is 0.469 e. The Balaban J connectivity index is 2.09. The van der Waals surface area contributed by atoms with E-state index in [0.29, 0.717) is 6.42 Å². The fraction of sp³-hybridized carbons (Fsp3) is 0.308. The minimum atomic E-state index is -0.720. The van der Waals surface area contributed by atoms with Crippen LogP contribution in [0.1, 0.15) is 12.7 Å². The highest BCUT2D eigenvalue weighted by Crippen LogP contribution is 2.19. The lowest BCUT2D eigenvalue weighted by Crippen LogP contribution is -2.20. The van der Waals surface area contributed by atoms with Gasteiger partial charge in [0.1, 0.15) is 5.76 Å². The van der Waals surface area contributed by atoms with Crippen LogP contribution in [0.25, 0.3) is 0 Å². The zero-order valence-electron chi connectivity index (χ0n) is 10.7. The van der Waals surface area contributed by atoms with Crippen LogP contribution in [-0.2, 0) is 6.42 Å². The molecular weight excluding hydrogens is 252 g/mol. The smallest absolute Gasteiger partial charge is 0.168 e. The second kappa shape index (κ2) is 5.69. The Hall–Kier alpha value is -2.11. The van der Waals surface area contributed by atoms with E-state index >= 15 is 0 Å². The summed E-state index contributed by atoms with van der Waals surface area (Å²) in [5.41, 5.74) is 0. The lowest BCUT2D eigenvalue weighted by molar-refractivity contribution is 0.496. The van der Waals surface area contributed by atoms with Crippen LogP contribution in [0.4, 0.5) is 20.4 Å². The third-order valence-electron chi connectivity index (χ3n) is 2.64. The highest BCUT2D eigenvalue weighted by Gasteiger charge is 2.13. The number of anilines is 2. The van der Waals surface area contributed by atoms with Gasteiger partial charge in [0.2, 0.25) is 0 Å². The maximum atomic E-state index is 13.6. The Kier molecular flexibility index (Phi) is 3.99. The number of halogens is 2. The Labute approximate surface area is 109 Å². The summed E-state index contributed by atoms with van der Waals surface area (Å²) in [6.45, 7) is 1.87. The molecule has 0 aliphatic heterocycles. The van der Waals surface area contributed by atoms with Gasteiger partial charge >= 0.3 is 0 Å². The van der Waals surface area contributed by atoms with Crippen molar-refractivity contribution in [1.29, 1.82) is 0 Å². The number of nitrogens with one attached hydrogen (secondary N) is 2. The first-order valence-electron chi connectivity index (χ1n) is 5.93. The van der Waals surface area contributed by atoms with E-state index in [2.05, 4.69) is 15.6 Å². The molecule has 2 aromatic heterocycles. The van der Waals surface area contributed by atoms with Crippen LogP contribution in [0.3, 0.4) is 0 Å². The second-order valence-electron chi connectivity index (χ2n) is 4.23. The highest BCUT2D eigenvalue weighted by atomic mass is 19.1. The average Bonchev–Trinajstić information content (AvgIpc) is 2.85. The molecule has 0 saturated carbocycles. The van der Waals surface area contributed by atoms with Gasteiger partial charge < -0.3 is 15.1 Å². The van der Waals surface area contributed by atoms with E-state index in [0.717, 1.165) is 11.8 Å². The van der Waals surface area contributed by atoms with Crippen molar-refractivity contribution in [2.75, 3.05) is 17.7 Å². The van der Waals surface area contributed by atoms with E-state index in [-0.39, 0.29) is 17.7 Å². The maximum Gasteiger partial charge on any atom is 0.168 e. The van der Waals surface area contributed by atoms with Crippen molar-refractivity contribution in [3.05, 3.63) is 41.9 Å². The van der Waals surface area contributed by atoms with Gasteiger partial charge in [-0.25, -0.2) is 13.8 Å². The zero-order valence-corrected chi connectivity index (χ0v) is 10.7. The van der Waals surface area contributed by atoms with Crippen LogP contribution in [-0.4, -0.2) is 18.1 Å². The predicted octanol–water partition coefficient (Wildman–Crippen LogP) is 3.04.